The van der Waals surface area contributed by atoms with Crippen molar-refractivity contribution in [2.45, 2.75) is 32.1 Å². The molecule has 1 aliphatic heterocycles. The van der Waals surface area contributed by atoms with Gasteiger partial charge in [0, 0.05) is 25.7 Å². The van der Waals surface area contributed by atoms with E-state index >= 15 is 0 Å². The number of hydrogen-bond acceptors (Lipinski definition) is 3. The lowest BCUT2D eigenvalue weighted by atomic mass is 10.0. The maximum absolute atomic E-state index is 6.10. The summed E-state index contributed by atoms with van der Waals surface area (Å²) in [6.07, 6.45) is 0.446. The van der Waals surface area contributed by atoms with Crippen LogP contribution in [0.2, 0.25) is 10.0 Å². The van der Waals surface area contributed by atoms with Crippen LogP contribution in [0.5, 0.6) is 0 Å². The molecular weight excluding hydrogens is 283 g/mol. The van der Waals surface area contributed by atoms with E-state index in [-0.39, 0.29) is 18.2 Å². The molecule has 0 amide bonds. The molecule has 106 valence electrons. The first kappa shape index (κ1) is 15.1. The predicted octanol–water partition coefficient (Wildman–Crippen LogP) is 3.10. The van der Waals surface area contributed by atoms with E-state index in [4.69, 9.17) is 33.7 Å². The van der Waals surface area contributed by atoms with Crippen LogP contribution in [0.15, 0.2) is 18.2 Å². The van der Waals surface area contributed by atoms with Crippen LogP contribution < -0.4 is 5.73 Å². The van der Waals surface area contributed by atoms with Gasteiger partial charge >= 0.3 is 0 Å². The molecule has 19 heavy (non-hydrogen) atoms. The van der Waals surface area contributed by atoms with Gasteiger partial charge in [-0.15, -0.1) is 0 Å². The van der Waals surface area contributed by atoms with Crippen LogP contribution in [-0.2, 0) is 4.74 Å². The molecule has 1 heterocycles. The minimum Gasteiger partial charge on any atom is -0.373 e. The summed E-state index contributed by atoms with van der Waals surface area (Å²) in [6, 6.07) is 5.89. The number of nitrogens with two attached hydrogens (primary N) is 1. The zero-order valence-electron chi connectivity index (χ0n) is 11.3. The molecule has 1 aromatic rings. The van der Waals surface area contributed by atoms with Gasteiger partial charge in [-0.2, -0.15) is 0 Å². The molecule has 0 aromatic heterocycles. The Morgan fingerprint density at radius 3 is 2.42 bits per heavy atom. The van der Waals surface area contributed by atoms with Crippen LogP contribution in [-0.4, -0.2) is 36.7 Å². The van der Waals surface area contributed by atoms with E-state index in [1.807, 2.05) is 18.2 Å². The van der Waals surface area contributed by atoms with E-state index in [9.17, 15) is 0 Å². The minimum atomic E-state index is 0.156. The quantitative estimate of drug-likeness (QED) is 0.932. The molecule has 0 bridgehead atoms. The van der Waals surface area contributed by atoms with E-state index in [2.05, 4.69) is 18.7 Å². The fraction of sp³-hybridized carbons (Fsp3) is 0.571. The Morgan fingerprint density at radius 2 is 1.89 bits per heavy atom. The first-order chi connectivity index (χ1) is 9.01. The molecule has 3 atom stereocenters. The van der Waals surface area contributed by atoms with Crippen molar-refractivity contribution >= 4 is 23.2 Å². The summed E-state index contributed by atoms with van der Waals surface area (Å²) < 4.78 is 5.76. The summed E-state index contributed by atoms with van der Waals surface area (Å²) in [5.41, 5.74) is 7.07. The van der Waals surface area contributed by atoms with Crippen molar-refractivity contribution in [1.29, 1.82) is 0 Å². The van der Waals surface area contributed by atoms with E-state index in [1.54, 1.807) is 0 Å². The largest absolute Gasteiger partial charge is 0.373 e. The number of halogens is 2. The van der Waals surface area contributed by atoms with Crippen molar-refractivity contribution in [3.05, 3.63) is 33.8 Å². The lowest BCUT2D eigenvalue weighted by Crippen LogP contribution is -2.48. The summed E-state index contributed by atoms with van der Waals surface area (Å²) in [7, 11) is 0. The van der Waals surface area contributed by atoms with E-state index in [0.29, 0.717) is 16.6 Å². The summed E-state index contributed by atoms with van der Waals surface area (Å²) in [5, 5.41) is 1.15. The molecule has 2 rings (SSSR count). The minimum absolute atomic E-state index is 0.156. The van der Waals surface area contributed by atoms with Gasteiger partial charge in [0.2, 0.25) is 0 Å². The second-order valence-electron chi connectivity index (χ2n) is 5.14. The fourth-order valence-electron chi connectivity index (χ4n) is 2.69. The molecule has 5 heteroatoms. The van der Waals surface area contributed by atoms with Gasteiger partial charge in [-0.3, -0.25) is 4.90 Å². The average molecular weight is 303 g/mol. The third-order valence-electron chi connectivity index (χ3n) is 3.44. The van der Waals surface area contributed by atoms with Crippen molar-refractivity contribution in [3.63, 3.8) is 0 Å². The van der Waals surface area contributed by atoms with Crippen molar-refractivity contribution in [2.75, 3.05) is 19.6 Å². The highest BCUT2D eigenvalue weighted by molar-refractivity contribution is 6.42. The first-order valence-corrected chi connectivity index (χ1v) is 7.31. The van der Waals surface area contributed by atoms with Gasteiger partial charge in [0.15, 0.2) is 0 Å². The maximum atomic E-state index is 6.10. The Kier molecular flexibility index (Phi) is 5.09. The van der Waals surface area contributed by atoms with Crippen molar-refractivity contribution in [3.8, 4) is 0 Å². The number of nitrogens with zero attached hydrogens (tertiary/aromatic N) is 1. The molecule has 1 aromatic carbocycles. The Labute approximate surface area is 124 Å². The van der Waals surface area contributed by atoms with Crippen LogP contribution in [0.3, 0.4) is 0 Å². The standard InChI is InChI=1S/C14H20Cl2N2O/c1-9-7-18(8-10(2)19-9)14(6-17)11-3-4-12(15)13(16)5-11/h3-5,9-10,14H,6-8,17H2,1-2H3/t9-,10+,14?. The Balaban J connectivity index is 2.21. The molecule has 2 N–H and O–H groups in total. The highest BCUT2D eigenvalue weighted by Crippen LogP contribution is 2.29. The average Bonchev–Trinajstić information content (AvgIpc) is 2.33. The number of rotatable bonds is 3. The van der Waals surface area contributed by atoms with Gasteiger partial charge in [0.05, 0.1) is 22.3 Å². The van der Waals surface area contributed by atoms with Crippen LogP contribution in [0.4, 0.5) is 0 Å². The van der Waals surface area contributed by atoms with Crippen molar-refractivity contribution < 1.29 is 4.74 Å². The molecule has 1 unspecified atom stereocenters. The molecule has 0 spiro atoms. The van der Waals surface area contributed by atoms with E-state index < -0.39 is 0 Å². The summed E-state index contributed by atoms with van der Waals surface area (Å²) in [4.78, 5) is 2.36. The molecular formula is C14H20Cl2N2O. The normalized spacial score (nSPS) is 26.4. The molecule has 3 nitrogen and oxygen atoms in total. The molecule has 0 radical (unpaired) electrons. The Bertz CT molecular complexity index is 431. The van der Waals surface area contributed by atoms with Gasteiger partial charge in [0.1, 0.15) is 0 Å². The molecule has 0 saturated carbocycles. The highest BCUT2D eigenvalue weighted by atomic mass is 35.5. The van der Waals surface area contributed by atoms with E-state index in [1.165, 1.54) is 0 Å². The van der Waals surface area contributed by atoms with Crippen LogP contribution >= 0.6 is 23.2 Å². The Morgan fingerprint density at radius 1 is 1.26 bits per heavy atom. The second-order valence-corrected chi connectivity index (χ2v) is 5.95. The summed E-state index contributed by atoms with van der Waals surface area (Å²) >= 11 is 12.1. The van der Waals surface area contributed by atoms with Gasteiger partial charge in [-0.1, -0.05) is 29.3 Å². The topological polar surface area (TPSA) is 38.5 Å². The van der Waals surface area contributed by atoms with E-state index in [0.717, 1.165) is 18.7 Å². The van der Waals surface area contributed by atoms with Crippen molar-refractivity contribution in [2.24, 2.45) is 5.73 Å². The van der Waals surface area contributed by atoms with Crippen LogP contribution in [0, 0.1) is 0 Å². The summed E-state index contributed by atoms with van der Waals surface area (Å²) in [6.45, 7) is 6.49. The maximum Gasteiger partial charge on any atom is 0.0678 e. The lowest BCUT2D eigenvalue weighted by Gasteiger charge is -2.40. The van der Waals surface area contributed by atoms with Gasteiger partial charge in [-0.05, 0) is 31.5 Å². The van der Waals surface area contributed by atoms with Gasteiger partial charge in [0.25, 0.3) is 0 Å². The molecule has 1 saturated heterocycles. The zero-order valence-corrected chi connectivity index (χ0v) is 12.8. The number of morpholine rings is 1. The first-order valence-electron chi connectivity index (χ1n) is 6.55. The summed E-state index contributed by atoms with van der Waals surface area (Å²) in [5.74, 6) is 0. The monoisotopic (exact) mass is 302 g/mol. The smallest absolute Gasteiger partial charge is 0.0678 e. The van der Waals surface area contributed by atoms with Gasteiger partial charge < -0.3 is 10.5 Å². The Hall–Kier alpha value is -0.320. The third-order valence-corrected chi connectivity index (χ3v) is 4.18. The fourth-order valence-corrected chi connectivity index (χ4v) is 2.99. The molecule has 1 fully saturated rings. The van der Waals surface area contributed by atoms with Crippen molar-refractivity contribution in [1.82, 2.24) is 4.90 Å². The number of ether oxygens (including phenoxy) is 1. The second kappa shape index (κ2) is 6.42. The van der Waals surface area contributed by atoms with Crippen LogP contribution in [0.1, 0.15) is 25.5 Å². The third kappa shape index (κ3) is 3.61. The molecule has 0 aliphatic carbocycles. The van der Waals surface area contributed by atoms with Crippen LogP contribution in [0.25, 0.3) is 0 Å². The SMILES string of the molecule is C[C@@H]1CN(C(CN)c2ccc(Cl)c(Cl)c2)C[C@H](C)O1. The van der Waals surface area contributed by atoms with Gasteiger partial charge in [-0.25, -0.2) is 0 Å². The number of hydrogen-bond donors (Lipinski definition) is 1. The predicted molar refractivity (Wildman–Crippen MR) is 79.8 cm³/mol. The highest BCUT2D eigenvalue weighted by Gasteiger charge is 2.28. The molecule has 1 aliphatic rings. The lowest BCUT2D eigenvalue weighted by molar-refractivity contribution is -0.0799. The number of benzene rings is 1. The zero-order chi connectivity index (χ0) is 14.0.